The molecule has 1 fully saturated rings. The normalized spacial score (nSPS) is 22.4. The first-order valence-electron chi connectivity index (χ1n) is 8.39. The second-order valence-electron chi connectivity index (χ2n) is 6.66. The highest BCUT2D eigenvalue weighted by atomic mass is 32.2. The molecule has 1 aromatic rings. The number of hydrogen-bond acceptors (Lipinski definition) is 6. The van der Waals surface area contributed by atoms with Crippen molar-refractivity contribution < 1.29 is 23.2 Å². The van der Waals surface area contributed by atoms with Gasteiger partial charge in [-0.1, -0.05) is 5.92 Å². The molecule has 2 atom stereocenters. The van der Waals surface area contributed by atoms with Gasteiger partial charge in [0.05, 0.1) is 4.90 Å². The minimum atomic E-state index is -3.96. The molecule has 2 N–H and O–H groups in total. The van der Waals surface area contributed by atoms with Crippen LogP contribution in [-0.2, 0) is 14.8 Å². The molecule has 0 spiro atoms. The largest absolute Gasteiger partial charge is 0.481 e. The van der Waals surface area contributed by atoms with Crippen molar-refractivity contribution in [2.75, 3.05) is 12.4 Å². The number of benzene rings is 1. The van der Waals surface area contributed by atoms with Gasteiger partial charge in [-0.05, 0) is 52.0 Å². The molecule has 0 saturated carbocycles. The van der Waals surface area contributed by atoms with Crippen LogP contribution in [0.4, 0.5) is 0 Å². The standard InChI is InChI=1S/C18H24N2O5S2/c1-5-6-11-25-14-7-9-15(10-8-14)27(23,24)20-13(2)12-26-18(3,4)16(20)17(21)19-22/h7-10,13,16,22H,11-12H2,1-4H3,(H,19,21). The summed E-state index contributed by atoms with van der Waals surface area (Å²) in [5, 5.41) is 9.14. The average molecular weight is 413 g/mol. The van der Waals surface area contributed by atoms with Crippen LogP contribution in [0.15, 0.2) is 29.2 Å². The van der Waals surface area contributed by atoms with E-state index in [0.717, 1.165) is 0 Å². The molecule has 2 rings (SSSR count). The molecule has 1 aliphatic heterocycles. The molecule has 0 bridgehead atoms. The lowest BCUT2D eigenvalue weighted by Gasteiger charge is -2.46. The maximum atomic E-state index is 13.3. The smallest absolute Gasteiger partial charge is 0.263 e. The number of ether oxygens (including phenoxy) is 1. The van der Waals surface area contributed by atoms with Crippen molar-refractivity contribution in [1.82, 2.24) is 9.79 Å². The third-order valence-corrected chi connectivity index (χ3v) is 7.90. The van der Waals surface area contributed by atoms with Crippen LogP contribution in [0.3, 0.4) is 0 Å². The topological polar surface area (TPSA) is 95.9 Å². The van der Waals surface area contributed by atoms with Gasteiger partial charge in [0.2, 0.25) is 10.0 Å². The van der Waals surface area contributed by atoms with Gasteiger partial charge in [0.25, 0.3) is 5.91 Å². The number of nitrogens with zero attached hydrogens (tertiary/aromatic N) is 1. The minimum absolute atomic E-state index is 0.0571. The van der Waals surface area contributed by atoms with Crippen LogP contribution in [0.25, 0.3) is 0 Å². The number of amides is 1. The zero-order valence-corrected chi connectivity index (χ0v) is 17.4. The molecule has 1 aliphatic rings. The molecule has 9 heteroatoms. The molecular formula is C18H24N2O5S2. The molecule has 0 radical (unpaired) electrons. The Hall–Kier alpha value is -1.73. The van der Waals surface area contributed by atoms with E-state index in [2.05, 4.69) is 11.8 Å². The first-order valence-corrected chi connectivity index (χ1v) is 10.8. The molecule has 0 aromatic heterocycles. The van der Waals surface area contributed by atoms with Gasteiger partial charge in [-0.15, -0.1) is 5.92 Å². The Labute approximate surface area is 164 Å². The van der Waals surface area contributed by atoms with Crippen molar-refractivity contribution in [3.8, 4) is 17.6 Å². The van der Waals surface area contributed by atoms with Crippen LogP contribution < -0.4 is 10.2 Å². The summed E-state index contributed by atoms with van der Waals surface area (Å²) in [4.78, 5) is 12.4. The first-order chi connectivity index (χ1) is 12.6. The molecule has 0 aliphatic carbocycles. The fourth-order valence-corrected chi connectivity index (χ4v) is 6.22. The van der Waals surface area contributed by atoms with Gasteiger partial charge in [0.15, 0.2) is 0 Å². The molecule has 2 unspecified atom stereocenters. The fourth-order valence-electron chi connectivity index (χ4n) is 2.94. The second kappa shape index (κ2) is 8.52. The molecule has 7 nitrogen and oxygen atoms in total. The Bertz CT molecular complexity index is 841. The molecule has 148 valence electrons. The molecule has 1 heterocycles. The van der Waals surface area contributed by atoms with Crippen molar-refractivity contribution in [2.45, 2.75) is 49.4 Å². The molecule has 27 heavy (non-hydrogen) atoms. The number of carbonyl (C=O) groups excluding carboxylic acids is 1. The van der Waals surface area contributed by atoms with Crippen molar-refractivity contribution in [3.63, 3.8) is 0 Å². The number of hydroxylamine groups is 1. The van der Waals surface area contributed by atoms with Gasteiger partial charge in [-0.2, -0.15) is 16.1 Å². The Morgan fingerprint density at radius 3 is 2.59 bits per heavy atom. The number of hydrogen-bond donors (Lipinski definition) is 2. The molecular weight excluding hydrogens is 388 g/mol. The Morgan fingerprint density at radius 1 is 1.41 bits per heavy atom. The van der Waals surface area contributed by atoms with Crippen LogP contribution in [0.2, 0.25) is 0 Å². The second-order valence-corrected chi connectivity index (χ2v) is 10.2. The van der Waals surface area contributed by atoms with E-state index in [4.69, 9.17) is 9.94 Å². The van der Waals surface area contributed by atoms with E-state index in [0.29, 0.717) is 11.5 Å². The predicted molar refractivity (Wildman–Crippen MR) is 104 cm³/mol. The zero-order chi connectivity index (χ0) is 20.2. The van der Waals surface area contributed by atoms with Gasteiger partial charge in [-0.3, -0.25) is 10.0 Å². The summed E-state index contributed by atoms with van der Waals surface area (Å²) in [7, 11) is -3.96. The van der Waals surface area contributed by atoms with Crippen LogP contribution in [0.5, 0.6) is 5.75 Å². The SMILES string of the molecule is CC#CCOc1ccc(S(=O)(=O)N2C(C)CSC(C)(C)C2C(=O)NO)cc1. The fraction of sp³-hybridized carbons (Fsp3) is 0.500. The van der Waals surface area contributed by atoms with E-state index < -0.39 is 32.8 Å². The summed E-state index contributed by atoms with van der Waals surface area (Å²) in [5.41, 5.74) is 1.61. The van der Waals surface area contributed by atoms with Crippen molar-refractivity contribution in [2.24, 2.45) is 0 Å². The van der Waals surface area contributed by atoms with Gasteiger partial charge < -0.3 is 4.74 Å². The Morgan fingerprint density at radius 2 is 2.04 bits per heavy atom. The average Bonchev–Trinajstić information content (AvgIpc) is 2.63. The Balaban J connectivity index is 2.39. The molecule has 1 saturated heterocycles. The highest BCUT2D eigenvalue weighted by Crippen LogP contribution is 2.41. The maximum Gasteiger partial charge on any atom is 0.263 e. The monoisotopic (exact) mass is 412 g/mol. The molecule has 1 aromatic carbocycles. The van der Waals surface area contributed by atoms with E-state index in [1.165, 1.54) is 28.2 Å². The van der Waals surface area contributed by atoms with Crippen molar-refractivity contribution >= 4 is 27.7 Å². The number of rotatable bonds is 5. The highest BCUT2D eigenvalue weighted by molar-refractivity contribution is 8.01. The van der Waals surface area contributed by atoms with E-state index in [-0.39, 0.29) is 11.5 Å². The first kappa shape index (κ1) is 21.6. The summed E-state index contributed by atoms with van der Waals surface area (Å²) in [6.07, 6.45) is 0. The number of sulfonamides is 1. The van der Waals surface area contributed by atoms with Gasteiger partial charge in [0.1, 0.15) is 18.4 Å². The minimum Gasteiger partial charge on any atom is -0.481 e. The molecule has 1 amide bonds. The third-order valence-electron chi connectivity index (χ3n) is 4.29. The summed E-state index contributed by atoms with van der Waals surface area (Å²) >= 11 is 1.50. The van der Waals surface area contributed by atoms with Crippen LogP contribution in [0.1, 0.15) is 27.7 Å². The number of nitrogens with one attached hydrogen (secondary N) is 1. The Kier molecular flexibility index (Phi) is 6.81. The number of thioether (sulfide) groups is 1. The maximum absolute atomic E-state index is 13.3. The van der Waals surface area contributed by atoms with Gasteiger partial charge in [0, 0.05) is 16.5 Å². The van der Waals surface area contributed by atoms with Crippen molar-refractivity contribution in [3.05, 3.63) is 24.3 Å². The lowest BCUT2D eigenvalue weighted by atomic mass is 10.0. The van der Waals surface area contributed by atoms with Crippen LogP contribution in [0, 0.1) is 11.8 Å². The quantitative estimate of drug-likeness (QED) is 0.435. The van der Waals surface area contributed by atoms with Crippen LogP contribution >= 0.6 is 11.8 Å². The van der Waals surface area contributed by atoms with Gasteiger partial charge in [-0.25, -0.2) is 13.9 Å². The van der Waals surface area contributed by atoms with Crippen LogP contribution in [-0.4, -0.2) is 53.0 Å². The van der Waals surface area contributed by atoms with E-state index in [1.807, 2.05) is 0 Å². The third kappa shape index (κ3) is 4.58. The van der Waals surface area contributed by atoms with E-state index in [1.54, 1.807) is 45.3 Å². The predicted octanol–water partition coefficient (Wildman–Crippen LogP) is 1.87. The zero-order valence-electron chi connectivity index (χ0n) is 15.7. The summed E-state index contributed by atoms with van der Waals surface area (Å²) < 4.78 is 32.5. The van der Waals surface area contributed by atoms with E-state index >= 15 is 0 Å². The van der Waals surface area contributed by atoms with Gasteiger partial charge >= 0.3 is 0 Å². The lowest BCUT2D eigenvalue weighted by Crippen LogP contribution is -2.63. The summed E-state index contributed by atoms with van der Waals surface area (Å²) in [5.74, 6) is 5.77. The summed E-state index contributed by atoms with van der Waals surface area (Å²) in [6.45, 7) is 7.25. The van der Waals surface area contributed by atoms with Crippen molar-refractivity contribution in [1.29, 1.82) is 0 Å². The highest BCUT2D eigenvalue weighted by Gasteiger charge is 2.51. The summed E-state index contributed by atoms with van der Waals surface area (Å²) in [6, 6.07) is 4.54. The van der Waals surface area contributed by atoms with E-state index in [9.17, 15) is 13.2 Å². The number of carbonyl (C=O) groups is 1. The lowest BCUT2D eigenvalue weighted by molar-refractivity contribution is -0.134.